The van der Waals surface area contributed by atoms with E-state index in [2.05, 4.69) is 16.4 Å². The molecule has 8 heteroatoms. The van der Waals surface area contributed by atoms with Gasteiger partial charge < -0.3 is 19.5 Å². The number of benzene rings is 2. The maximum atomic E-state index is 12.3. The monoisotopic (exact) mass is 423 g/mol. The quantitative estimate of drug-likeness (QED) is 0.554. The molecule has 2 aromatic carbocycles. The lowest BCUT2D eigenvalue weighted by atomic mass is 10.1. The first-order chi connectivity index (χ1) is 14.6. The van der Waals surface area contributed by atoms with Crippen LogP contribution in [0.4, 0.5) is 0 Å². The number of fused-ring (bicyclic) bond motifs is 1. The maximum absolute atomic E-state index is 12.3. The molecule has 0 aliphatic carbocycles. The molecule has 1 N–H and O–H groups in total. The molecule has 154 valence electrons. The third-order valence-corrected chi connectivity index (χ3v) is 5.39. The van der Waals surface area contributed by atoms with Crippen LogP contribution in [0.15, 0.2) is 47.5 Å². The van der Waals surface area contributed by atoms with Crippen LogP contribution in [0, 0.1) is 11.3 Å². The SMILES string of the molecule is COc1ccc(CNC(=O)CSc2nc3cc(OC)c(OC)cc3cc2C#N)cc1. The van der Waals surface area contributed by atoms with Gasteiger partial charge >= 0.3 is 0 Å². The Hall–Kier alpha value is -3.44. The summed E-state index contributed by atoms with van der Waals surface area (Å²) in [6, 6.07) is 14.9. The van der Waals surface area contributed by atoms with Crippen LogP contribution in [-0.2, 0) is 11.3 Å². The average Bonchev–Trinajstić information content (AvgIpc) is 2.79. The van der Waals surface area contributed by atoms with Gasteiger partial charge in [-0.2, -0.15) is 5.26 Å². The summed E-state index contributed by atoms with van der Waals surface area (Å²) >= 11 is 1.22. The molecular weight excluding hydrogens is 402 g/mol. The van der Waals surface area contributed by atoms with Gasteiger partial charge in [-0.15, -0.1) is 0 Å². The zero-order valence-electron chi connectivity index (χ0n) is 16.9. The predicted molar refractivity (Wildman–Crippen MR) is 115 cm³/mol. The number of amides is 1. The summed E-state index contributed by atoms with van der Waals surface area (Å²) < 4.78 is 15.7. The minimum absolute atomic E-state index is 0.145. The molecule has 0 spiro atoms. The van der Waals surface area contributed by atoms with Crippen molar-refractivity contribution in [1.29, 1.82) is 5.26 Å². The van der Waals surface area contributed by atoms with Crippen molar-refractivity contribution in [3.63, 3.8) is 0 Å². The van der Waals surface area contributed by atoms with Gasteiger partial charge in [-0.25, -0.2) is 4.98 Å². The molecule has 0 saturated heterocycles. The summed E-state index contributed by atoms with van der Waals surface area (Å²) in [5, 5.41) is 13.6. The number of rotatable bonds is 8. The van der Waals surface area contributed by atoms with E-state index in [4.69, 9.17) is 14.2 Å². The molecular formula is C22H21N3O4S. The lowest BCUT2D eigenvalue weighted by Gasteiger charge is -2.11. The van der Waals surface area contributed by atoms with Gasteiger partial charge in [0.15, 0.2) is 11.5 Å². The second kappa shape index (κ2) is 9.85. The van der Waals surface area contributed by atoms with Crippen LogP contribution in [0.1, 0.15) is 11.1 Å². The number of methoxy groups -OCH3 is 3. The first-order valence-corrected chi connectivity index (χ1v) is 10.1. The topological polar surface area (TPSA) is 93.5 Å². The number of aromatic nitrogens is 1. The Morgan fingerprint density at radius 3 is 2.40 bits per heavy atom. The Kier molecular flexibility index (Phi) is 6.99. The molecule has 1 amide bonds. The number of nitrogens with zero attached hydrogens (tertiary/aromatic N) is 2. The fraction of sp³-hybridized carbons (Fsp3) is 0.227. The third kappa shape index (κ3) is 4.93. The van der Waals surface area contributed by atoms with Crippen LogP contribution in [0.25, 0.3) is 10.9 Å². The molecule has 0 aliphatic rings. The van der Waals surface area contributed by atoms with Gasteiger partial charge in [0.1, 0.15) is 16.8 Å². The Balaban J connectivity index is 1.69. The molecule has 0 aliphatic heterocycles. The van der Waals surface area contributed by atoms with E-state index in [9.17, 15) is 10.1 Å². The molecule has 0 unspecified atom stereocenters. The summed E-state index contributed by atoms with van der Waals surface area (Å²) in [7, 11) is 4.71. The van der Waals surface area contributed by atoms with Crippen LogP contribution in [0.2, 0.25) is 0 Å². The van der Waals surface area contributed by atoms with Gasteiger partial charge in [0.05, 0.1) is 38.2 Å². The molecule has 0 atom stereocenters. The highest BCUT2D eigenvalue weighted by molar-refractivity contribution is 8.00. The average molecular weight is 423 g/mol. The van der Waals surface area contributed by atoms with E-state index in [0.717, 1.165) is 16.7 Å². The minimum Gasteiger partial charge on any atom is -0.497 e. The largest absolute Gasteiger partial charge is 0.497 e. The summed E-state index contributed by atoms with van der Waals surface area (Å²) in [5.41, 5.74) is 2.03. The third-order valence-electron chi connectivity index (χ3n) is 4.39. The number of carbonyl (C=O) groups is 1. The van der Waals surface area contributed by atoms with Crippen molar-refractivity contribution < 1.29 is 19.0 Å². The molecule has 0 radical (unpaired) electrons. The van der Waals surface area contributed by atoms with E-state index in [1.165, 1.54) is 11.8 Å². The summed E-state index contributed by atoms with van der Waals surface area (Å²) in [6.07, 6.45) is 0. The number of hydrogen-bond acceptors (Lipinski definition) is 7. The lowest BCUT2D eigenvalue weighted by molar-refractivity contribution is -0.118. The number of thioether (sulfide) groups is 1. The minimum atomic E-state index is -0.145. The number of pyridine rings is 1. The van der Waals surface area contributed by atoms with Gasteiger partial charge in [0.2, 0.25) is 5.91 Å². The molecule has 1 aromatic heterocycles. The Morgan fingerprint density at radius 2 is 1.77 bits per heavy atom. The molecule has 0 bridgehead atoms. The summed E-state index contributed by atoms with van der Waals surface area (Å²) in [5.74, 6) is 1.89. The fourth-order valence-corrected chi connectivity index (χ4v) is 3.60. The van der Waals surface area contributed by atoms with Crippen molar-refractivity contribution in [1.82, 2.24) is 10.3 Å². The Labute approximate surface area is 179 Å². The van der Waals surface area contributed by atoms with E-state index < -0.39 is 0 Å². The van der Waals surface area contributed by atoms with Crippen molar-refractivity contribution in [2.24, 2.45) is 0 Å². The maximum Gasteiger partial charge on any atom is 0.230 e. The Morgan fingerprint density at radius 1 is 1.07 bits per heavy atom. The van der Waals surface area contributed by atoms with E-state index >= 15 is 0 Å². The van der Waals surface area contributed by atoms with Crippen molar-refractivity contribution in [3.05, 3.63) is 53.6 Å². The van der Waals surface area contributed by atoms with Crippen molar-refractivity contribution in [2.45, 2.75) is 11.6 Å². The van der Waals surface area contributed by atoms with Gasteiger partial charge in [-0.05, 0) is 29.8 Å². The molecule has 0 saturated carbocycles. The first-order valence-electron chi connectivity index (χ1n) is 9.07. The molecule has 1 heterocycles. The fourth-order valence-electron chi connectivity index (χ4n) is 2.80. The van der Waals surface area contributed by atoms with E-state index in [0.29, 0.717) is 34.1 Å². The van der Waals surface area contributed by atoms with Crippen LogP contribution in [0.3, 0.4) is 0 Å². The second-order valence-electron chi connectivity index (χ2n) is 6.27. The number of nitrogens with one attached hydrogen (secondary N) is 1. The van der Waals surface area contributed by atoms with Gasteiger partial charge in [-0.3, -0.25) is 4.79 Å². The van der Waals surface area contributed by atoms with Crippen LogP contribution >= 0.6 is 11.8 Å². The number of nitriles is 1. The summed E-state index contributed by atoms with van der Waals surface area (Å²) in [6.45, 7) is 0.413. The molecule has 7 nitrogen and oxygen atoms in total. The standard InChI is InChI=1S/C22H21N3O4S/c1-27-17-6-4-14(5-7-17)12-24-21(26)13-30-22-16(11-23)8-15-9-19(28-2)20(29-3)10-18(15)25-22/h4-10H,12-13H2,1-3H3,(H,24,26). The predicted octanol–water partition coefficient (Wildman–Crippen LogP) is 3.54. The first kappa shape index (κ1) is 21.3. The highest BCUT2D eigenvalue weighted by Gasteiger charge is 2.13. The summed E-state index contributed by atoms with van der Waals surface area (Å²) in [4.78, 5) is 16.8. The van der Waals surface area contributed by atoms with E-state index in [1.807, 2.05) is 24.3 Å². The zero-order chi connectivity index (χ0) is 21.5. The highest BCUT2D eigenvalue weighted by atomic mass is 32.2. The zero-order valence-corrected chi connectivity index (χ0v) is 17.7. The number of ether oxygens (including phenoxy) is 3. The van der Waals surface area contributed by atoms with Crippen LogP contribution < -0.4 is 19.5 Å². The van der Waals surface area contributed by atoms with E-state index in [-0.39, 0.29) is 11.7 Å². The highest BCUT2D eigenvalue weighted by Crippen LogP contribution is 2.33. The molecule has 0 fully saturated rings. The van der Waals surface area contributed by atoms with E-state index in [1.54, 1.807) is 39.5 Å². The van der Waals surface area contributed by atoms with Gasteiger partial charge in [0.25, 0.3) is 0 Å². The Bertz CT molecular complexity index is 1090. The molecule has 3 aromatic rings. The van der Waals surface area contributed by atoms with Crippen LogP contribution in [-0.4, -0.2) is 38.0 Å². The van der Waals surface area contributed by atoms with Gasteiger partial charge in [-0.1, -0.05) is 23.9 Å². The van der Waals surface area contributed by atoms with Gasteiger partial charge in [0, 0.05) is 18.0 Å². The van der Waals surface area contributed by atoms with Crippen LogP contribution in [0.5, 0.6) is 17.2 Å². The second-order valence-corrected chi connectivity index (χ2v) is 7.23. The molecule has 3 rings (SSSR count). The lowest BCUT2D eigenvalue weighted by Crippen LogP contribution is -2.24. The smallest absolute Gasteiger partial charge is 0.230 e. The van der Waals surface area contributed by atoms with Crippen molar-refractivity contribution >= 4 is 28.6 Å². The van der Waals surface area contributed by atoms with Crippen molar-refractivity contribution in [3.8, 4) is 23.3 Å². The molecule has 30 heavy (non-hydrogen) atoms. The number of hydrogen-bond donors (Lipinski definition) is 1. The normalized spacial score (nSPS) is 10.3. The van der Waals surface area contributed by atoms with Crippen molar-refractivity contribution in [2.75, 3.05) is 27.1 Å². The number of carbonyl (C=O) groups excluding carboxylic acids is 1.